The number of morpholine rings is 1. The molecule has 2 heterocycles. The van der Waals surface area contributed by atoms with Crippen LogP contribution in [0.25, 0.3) is 0 Å². The molecule has 2 aliphatic heterocycles. The van der Waals surface area contributed by atoms with Gasteiger partial charge in [0.05, 0.1) is 30.7 Å². The van der Waals surface area contributed by atoms with Gasteiger partial charge in [-0.1, -0.05) is 18.2 Å². The number of nitrogens with zero attached hydrogens (tertiary/aromatic N) is 2. The zero-order valence-electron chi connectivity index (χ0n) is 13.9. The average Bonchev–Trinajstić information content (AvgIpc) is 2.93. The van der Waals surface area contributed by atoms with E-state index in [9.17, 15) is 14.4 Å². The van der Waals surface area contributed by atoms with Crippen molar-refractivity contribution in [2.24, 2.45) is 11.8 Å². The molecule has 1 aromatic carbocycles. The van der Waals surface area contributed by atoms with Crippen LogP contribution in [0.4, 0.5) is 5.69 Å². The van der Waals surface area contributed by atoms with Gasteiger partial charge in [-0.15, -0.1) is 0 Å². The first kappa shape index (κ1) is 16.0. The summed E-state index contributed by atoms with van der Waals surface area (Å²) in [5, 5.41) is 0. The summed E-state index contributed by atoms with van der Waals surface area (Å²) < 4.78 is 5.28. The Kier molecular flexibility index (Phi) is 4.13. The summed E-state index contributed by atoms with van der Waals surface area (Å²) in [6.45, 7) is 2.18. The first-order valence-corrected chi connectivity index (χ1v) is 8.66. The Bertz CT molecular complexity index is 726. The molecule has 6 nitrogen and oxygen atoms in total. The third-order valence-electron chi connectivity index (χ3n) is 5.16. The van der Waals surface area contributed by atoms with E-state index in [0.29, 0.717) is 50.4 Å². The van der Waals surface area contributed by atoms with Gasteiger partial charge in [-0.25, -0.2) is 0 Å². The highest BCUT2D eigenvalue weighted by atomic mass is 16.5. The quantitative estimate of drug-likeness (QED) is 0.606. The summed E-state index contributed by atoms with van der Waals surface area (Å²) in [5.41, 5.74) is 0.983. The second-order valence-electron chi connectivity index (χ2n) is 6.62. The highest BCUT2D eigenvalue weighted by Crippen LogP contribution is 2.37. The Labute approximate surface area is 146 Å². The fourth-order valence-electron chi connectivity index (χ4n) is 3.78. The van der Waals surface area contributed by atoms with Crippen LogP contribution in [0, 0.1) is 11.8 Å². The topological polar surface area (TPSA) is 66.9 Å². The summed E-state index contributed by atoms with van der Waals surface area (Å²) in [5.74, 6) is -0.943. The molecule has 3 amide bonds. The standard InChI is InChI=1S/C19H20N2O4/c22-17(20-8-10-25-11-9-20)13-4-3-5-14(12-13)21-18(23)15-6-1-2-7-16(15)19(21)24/h1-5,12,15-16H,6-11H2. The Balaban J connectivity index is 1.60. The van der Waals surface area contributed by atoms with Gasteiger partial charge in [-0.2, -0.15) is 0 Å². The lowest BCUT2D eigenvalue weighted by molar-refractivity contribution is -0.122. The number of rotatable bonds is 2. The van der Waals surface area contributed by atoms with Crippen molar-refractivity contribution in [3.63, 3.8) is 0 Å². The van der Waals surface area contributed by atoms with E-state index in [1.807, 2.05) is 12.2 Å². The first-order chi connectivity index (χ1) is 12.2. The van der Waals surface area contributed by atoms with Crippen LogP contribution in [0.5, 0.6) is 0 Å². The van der Waals surface area contributed by atoms with Crippen molar-refractivity contribution in [1.82, 2.24) is 4.90 Å². The first-order valence-electron chi connectivity index (χ1n) is 8.66. The number of carbonyl (C=O) groups excluding carboxylic acids is 3. The smallest absolute Gasteiger partial charge is 0.254 e. The van der Waals surface area contributed by atoms with Gasteiger partial charge in [0, 0.05) is 18.7 Å². The molecular formula is C19H20N2O4. The van der Waals surface area contributed by atoms with E-state index in [1.165, 1.54) is 4.90 Å². The molecular weight excluding hydrogens is 320 g/mol. The number of allylic oxidation sites excluding steroid dienone is 2. The number of amides is 3. The molecule has 3 aliphatic rings. The summed E-state index contributed by atoms with van der Waals surface area (Å²) in [4.78, 5) is 41.0. The van der Waals surface area contributed by atoms with Crippen LogP contribution < -0.4 is 4.90 Å². The maximum atomic E-state index is 12.7. The second-order valence-corrected chi connectivity index (χ2v) is 6.62. The fraction of sp³-hybridized carbons (Fsp3) is 0.421. The van der Waals surface area contributed by atoms with Crippen molar-refractivity contribution in [3.05, 3.63) is 42.0 Å². The minimum atomic E-state index is -0.267. The van der Waals surface area contributed by atoms with Gasteiger partial charge in [0.25, 0.3) is 5.91 Å². The van der Waals surface area contributed by atoms with Crippen molar-refractivity contribution in [1.29, 1.82) is 0 Å². The number of fused-ring (bicyclic) bond motifs is 1. The van der Waals surface area contributed by atoms with E-state index in [4.69, 9.17) is 4.74 Å². The molecule has 6 heteroatoms. The molecule has 2 fully saturated rings. The van der Waals surface area contributed by atoms with Crippen molar-refractivity contribution in [3.8, 4) is 0 Å². The van der Waals surface area contributed by atoms with Crippen molar-refractivity contribution in [2.75, 3.05) is 31.2 Å². The van der Waals surface area contributed by atoms with Crippen LogP contribution in [0.2, 0.25) is 0 Å². The number of carbonyl (C=O) groups is 3. The third-order valence-corrected chi connectivity index (χ3v) is 5.16. The molecule has 130 valence electrons. The minimum absolute atomic E-state index is 0.0941. The average molecular weight is 340 g/mol. The normalized spacial score (nSPS) is 26.1. The van der Waals surface area contributed by atoms with Crippen LogP contribution in [-0.4, -0.2) is 48.9 Å². The number of hydrogen-bond acceptors (Lipinski definition) is 4. The molecule has 1 aliphatic carbocycles. The van der Waals surface area contributed by atoms with Crippen molar-refractivity contribution in [2.45, 2.75) is 12.8 Å². The van der Waals surface area contributed by atoms with E-state index in [2.05, 4.69) is 0 Å². The lowest BCUT2D eigenvalue weighted by Crippen LogP contribution is -2.40. The molecule has 0 aromatic heterocycles. The van der Waals surface area contributed by atoms with Crippen LogP contribution in [0.1, 0.15) is 23.2 Å². The highest BCUT2D eigenvalue weighted by Gasteiger charge is 2.47. The molecule has 0 spiro atoms. The molecule has 0 N–H and O–H groups in total. The van der Waals surface area contributed by atoms with Crippen LogP contribution in [-0.2, 0) is 14.3 Å². The number of imide groups is 1. The third kappa shape index (κ3) is 2.76. The van der Waals surface area contributed by atoms with Gasteiger partial charge in [-0.05, 0) is 31.0 Å². The molecule has 0 saturated carbocycles. The Morgan fingerprint density at radius 2 is 1.64 bits per heavy atom. The number of hydrogen-bond donors (Lipinski definition) is 0. The van der Waals surface area contributed by atoms with E-state index in [1.54, 1.807) is 29.2 Å². The van der Waals surface area contributed by atoms with E-state index >= 15 is 0 Å². The van der Waals surface area contributed by atoms with Gasteiger partial charge in [-0.3, -0.25) is 19.3 Å². The van der Waals surface area contributed by atoms with E-state index in [0.717, 1.165) is 0 Å². The largest absolute Gasteiger partial charge is 0.378 e. The molecule has 25 heavy (non-hydrogen) atoms. The highest BCUT2D eigenvalue weighted by molar-refractivity contribution is 6.22. The number of benzene rings is 1. The molecule has 4 rings (SSSR count). The Morgan fingerprint density at radius 1 is 1.00 bits per heavy atom. The van der Waals surface area contributed by atoms with E-state index in [-0.39, 0.29) is 29.6 Å². The summed E-state index contributed by atoms with van der Waals surface area (Å²) in [6.07, 6.45) is 5.15. The molecule has 2 atom stereocenters. The van der Waals surface area contributed by atoms with E-state index < -0.39 is 0 Å². The van der Waals surface area contributed by atoms with Gasteiger partial charge in [0.15, 0.2) is 0 Å². The molecule has 0 bridgehead atoms. The summed E-state index contributed by atoms with van der Waals surface area (Å²) in [6, 6.07) is 6.82. The fourth-order valence-corrected chi connectivity index (χ4v) is 3.78. The number of ether oxygens (including phenoxy) is 1. The minimum Gasteiger partial charge on any atom is -0.378 e. The van der Waals surface area contributed by atoms with Crippen LogP contribution >= 0.6 is 0 Å². The van der Waals surface area contributed by atoms with Gasteiger partial charge in [0.1, 0.15) is 0 Å². The number of anilines is 1. The predicted molar refractivity (Wildman–Crippen MR) is 91.0 cm³/mol. The summed E-state index contributed by atoms with van der Waals surface area (Å²) >= 11 is 0. The molecule has 2 unspecified atom stereocenters. The van der Waals surface area contributed by atoms with Crippen LogP contribution in [0.3, 0.4) is 0 Å². The lowest BCUT2D eigenvalue weighted by atomic mass is 9.85. The molecule has 1 aromatic rings. The van der Waals surface area contributed by atoms with Gasteiger partial charge < -0.3 is 9.64 Å². The molecule has 0 radical (unpaired) electrons. The summed E-state index contributed by atoms with van der Waals surface area (Å²) in [7, 11) is 0. The monoisotopic (exact) mass is 340 g/mol. The maximum Gasteiger partial charge on any atom is 0.254 e. The molecule has 2 saturated heterocycles. The Morgan fingerprint density at radius 3 is 2.28 bits per heavy atom. The SMILES string of the molecule is O=C(c1cccc(N2C(=O)C3CC=CCC3C2=O)c1)N1CCOCC1. The lowest BCUT2D eigenvalue weighted by Gasteiger charge is -2.27. The van der Waals surface area contributed by atoms with Crippen molar-refractivity contribution >= 4 is 23.4 Å². The second kappa shape index (κ2) is 6.44. The van der Waals surface area contributed by atoms with Gasteiger partial charge in [0.2, 0.25) is 11.8 Å². The van der Waals surface area contributed by atoms with Gasteiger partial charge >= 0.3 is 0 Å². The van der Waals surface area contributed by atoms with Crippen LogP contribution in [0.15, 0.2) is 36.4 Å². The Hall–Kier alpha value is -2.47. The van der Waals surface area contributed by atoms with Crippen molar-refractivity contribution < 1.29 is 19.1 Å². The maximum absolute atomic E-state index is 12.7. The zero-order chi connectivity index (χ0) is 17.4. The predicted octanol–water partition coefficient (Wildman–Crippen LogP) is 1.61. The zero-order valence-corrected chi connectivity index (χ0v) is 13.9.